The number of carboxylic acids is 1. The number of nitrogens with one attached hydrogen (secondary N) is 2. The van der Waals surface area contributed by atoms with E-state index in [-0.39, 0.29) is 24.8 Å². The van der Waals surface area contributed by atoms with Crippen LogP contribution in [0.2, 0.25) is 0 Å². The molecule has 0 aromatic heterocycles. The van der Waals surface area contributed by atoms with Crippen molar-refractivity contribution in [3.63, 3.8) is 0 Å². The van der Waals surface area contributed by atoms with Crippen molar-refractivity contribution in [2.75, 3.05) is 6.54 Å². The Labute approximate surface area is 110 Å². The number of carbonyl (C=O) groups excluding carboxylic acids is 1. The molecule has 1 unspecified atom stereocenters. The number of halogens is 1. The second kappa shape index (κ2) is 7.35. The first-order chi connectivity index (χ1) is 8.99. The molecule has 0 radical (unpaired) electrons. The first-order valence-corrected chi connectivity index (χ1v) is 5.98. The molecule has 1 aromatic rings. The van der Waals surface area contributed by atoms with Crippen molar-refractivity contribution in [3.05, 3.63) is 35.6 Å². The maximum absolute atomic E-state index is 13.4. The van der Waals surface area contributed by atoms with Gasteiger partial charge >= 0.3 is 12.0 Å². The molecule has 104 valence electrons. The van der Waals surface area contributed by atoms with Gasteiger partial charge < -0.3 is 15.7 Å². The van der Waals surface area contributed by atoms with Crippen LogP contribution < -0.4 is 10.6 Å². The van der Waals surface area contributed by atoms with E-state index >= 15 is 0 Å². The summed E-state index contributed by atoms with van der Waals surface area (Å²) in [4.78, 5) is 21.7. The fourth-order valence-corrected chi connectivity index (χ4v) is 1.60. The fraction of sp³-hybridized carbons (Fsp3) is 0.385. The number of carboxylic acid groups (broad SMARTS) is 1. The summed E-state index contributed by atoms with van der Waals surface area (Å²) < 4.78 is 13.4. The number of aliphatic carboxylic acids is 1. The minimum absolute atomic E-state index is 0.0631. The van der Waals surface area contributed by atoms with Crippen molar-refractivity contribution in [1.82, 2.24) is 10.6 Å². The first kappa shape index (κ1) is 14.9. The fourth-order valence-electron chi connectivity index (χ4n) is 1.60. The van der Waals surface area contributed by atoms with Gasteiger partial charge in [-0.15, -0.1) is 0 Å². The van der Waals surface area contributed by atoms with Crippen molar-refractivity contribution < 1.29 is 19.1 Å². The predicted molar refractivity (Wildman–Crippen MR) is 68.4 cm³/mol. The Morgan fingerprint density at radius 1 is 1.37 bits per heavy atom. The highest BCUT2D eigenvalue weighted by Crippen LogP contribution is 2.08. The van der Waals surface area contributed by atoms with Gasteiger partial charge in [0.1, 0.15) is 5.82 Å². The smallest absolute Gasteiger partial charge is 0.315 e. The summed E-state index contributed by atoms with van der Waals surface area (Å²) in [5.74, 6) is -1.28. The number of hydrogen-bond donors (Lipinski definition) is 3. The largest absolute Gasteiger partial charge is 0.481 e. The number of carbonyl (C=O) groups is 2. The second-order valence-electron chi connectivity index (χ2n) is 4.24. The Morgan fingerprint density at radius 3 is 2.68 bits per heavy atom. The van der Waals surface area contributed by atoms with Crippen molar-refractivity contribution in [2.24, 2.45) is 0 Å². The molecule has 0 aliphatic carbocycles. The molecule has 0 fully saturated rings. The van der Waals surface area contributed by atoms with Gasteiger partial charge in [0.15, 0.2) is 0 Å². The van der Waals surface area contributed by atoms with Gasteiger partial charge in [-0.2, -0.15) is 0 Å². The number of amides is 2. The Morgan fingerprint density at radius 2 is 2.05 bits per heavy atom. The maximum Gasteiger partial charge on any atom is 0.315 e. The van der Waals surface area contributed by atoms with Crippen molar-refractivity contribution >= 4 is 12.0 Å². The molecule has 0 bridgehead atoms. The molecule has 1 aromatic carbocycles. The molecule has 19 heavy (non-hydrogen) atoms. The average molecular weight is 268 g/mol. The number of rotatable bonds is 6. The van der Waals surface area contributed by atoms with Gasteiger partial charge in [-0.25, -0.2) is 9.18 Å². The van der Waals surface area contributed by atoms with Gasteiger partial charge in [-0.05, 0) is 25.0 Å². The highest BCUT2D eigenvalue weighted by atomic mass is 19.1. The van der Waals surface area contributed by atoms with Crippen LogP contribution in [0.5, 0.6) is 0 Å². The lowest BCUT2D eigenvalue weighted by atomic mass is 10.1. The summed E-state index contributed by atoms with van der Waals surface area (Å²) in [7, 11) is 0. The molecule has 0 heterocycles. The second-order valence-corrected chi connectivity index (χ2v) is 4.24. The lowest BCUT2D eigenvalue weighted by Crippen LogP contribution is -2.42. The van der Waals surface area contributed by atoms with Crippen molar-refractivity contribution in [3.8, 4) is 0 Å². The number of benzene rings is 1. The quantitative estimate of drug-likeness (QED) is 0.732. The van der Waals surface area contributed by atoms with E-state index in [0.717, 1.165) is 0 Å². The lowest BCUT2D eigenvalue weighted by Gasteiger charge is -2.14. The van der Waals surface area contributed by atoms with E-state index in [2.05, 4.69) is 10.6 Å². The third-order valence-electron chi connectivity index (χ3n) is 2.49. The van der Waals surface area contributed by atoms with E-state index in [1.165, 1.54) is 6.07 Å². The Bertz CT molecular complexity index is 451. The van der Waals surface area contributed by atoms with Crippen LogP contribution in [0.15, 0.2) is 24.3 Å². The maximum atomic E-state index is 13.4. The van der Waals surface area contributed by atoms with Crippen molar-refractivity contribution in [2.45, 2.75) is 25.8 Å². The summed E-state index contributed by atoms with van der Waals surface area (Å²) in [5, 5.41) is 13.5. The molecule has 6 heteroatoms. The van der Waals surface area contributed by atoms with Crippen LogP contribution >= 0.6 is 0 Å². The number of urea groups is 1. The normalized spacial score (nSPS) is 11.7. The zero-order valence-electron chi connectivity index (χ0n) is 10.6. The van der Waals surface area contributed by atoms with Gasteiger partial charge in [0.25, 0.3) is 0 Å². The van der Waals surface area contributed by atoms with Crippen LogP contribution in [0, 0.1) is 5.82 Å². The molecule has 0 aliphatic rings. The molecular formula is C13H17FN2O3. The summed E-state index contributed by atoms with van der Waals surface area (Å²) in [6.45, 7) is 1.82. The molecule has 1 rings (SSSR count). The van der Waals surface area contributed by atoms with Crippen LogP contribution in [0.1, 0.15) is 18.9 Å². The highest BCUT2D eigenvalue weighted by molar-refractivity contribution is 5.75. The van der Waals surface area contributed by atoms with Gasteiger partial charge in [-0.1, -0.05) is 18.2 Å². The van der Waals surface area contributed by atoms with E-state index in [0.29, 0.717) is 12.0 Å². The third-order valence-corrected chi connectivity index (χ3v) is 2.49. The monoisotopic (exact) mass is 268 g/mol. The third kappa shape index (κ3) is 5.85. The van der Waals surface area contributed by atoms with E-state index in [9.17, 15) is 14.0 Å². The van der Waals surface area contributed by atoms with Gasteiger partial charge in [-0.3, -0.25) is 4.79 Å². The molecule has 2 amide bonds. The van der Waals surface area contributed by atoms with Gasteiger partial charge in [0.05, 0.1) is 6.42 Å². The zero-order chi connectivity index (χ0) is 14.3. The van der Waals surface area contributed by atoms with E-state index < -0.39 is 12.0 Å². The van der Waals surface area contributed by atoms with Gasteiger partial charge in [0, 0.05) is 12.6 Å². The number of hydrogen-bond acceptors (Lipinski definition) is 2. The zero-order valence-corrected chi connectivity index (χ0v) is 10.6. The minimum Gasteiger partial charge on any atom is -0.481 e. The average Bonchev–Trinajstić information content (AvgIpc) is 2.31. The molecular weight excluding hydrogens is 251 g/mol. The Balaban J connectivity index is 2.34. The first-order valence-electron chi connectivity index (χ1n) is 5.98. The van der Waals surface area contributed by atoms with Crippen molar-refractivity contribution in [1.29, 1.82) is 0 Å². The molecule has 3 N–H and O–H groups in total. The molecule has 5 nitrogen and oxygen atoms in total. The SMILES string of the molecule is CC(Cc1ccccc1F)NC(=O)NCCC(=O)O. The standard InChI is InChI=1S/C13H17FN2O3/c1-9(8-10-4-2-3-5-11(10)14)16-13(19)15-7-6-12(17)18/h2-5,9H,6-8H2,1H3,(H,17,18)(H2,15,16,19). The van der Waals surface area contributed by atoms with Crippen LogP contribution in [0.4, 0.5) is 9.18 Å². The summed E-state index contributed by atoms with van der Waals surface area (Å²) in [6.07, 6.45) is 0.244. The lowest BCUT2D eigenvalue weighted by molar-refractivity contribution is -0.136. The van der Waals surface area contributed by atoms with Crippen LogP contribution in [-0.4, -0.2) is 29.7 Å². The summed E-state index contributed by atoms with van der Waals surface area (Å²) in [5.41, 5.74) is 0.529. The van der Waals surface area contributed by atoms with E-state index in [1.807, 2.05) is 0 Å². The summed E-state index contributed by atoms with van der Waals surface area (Å²) in [6, 6.07) is 5.67. The minimum atomic E-state index is -0.972. The molecule has 1 atom stereocenters. The topological polar surface area (TPSA) is 78.4 Å². The van der Waals surface area contributed by atoms with E-state index in [1.54, 1.807) is 25.1 Å². The highest BCUT2D eigenvalue weighted by Gasteiger charge is 2.10. The molecule has 0 spiro atoms. The van der Waals surface area contributed by atoms with E-state index in [4.69, 9.17) is 5.11 Å². The predicted octanol–water partition coefficient (Wildman–Crippen LogP) is 1.53. The van der Waals surface area contributed by atoms with Crippen LogP contribution in [0.3, 0.4) is 0 Å². The molecule has 0 aliphatic heterocycles. The van der Waals surface area contributed by atoms with Crippen LogP contribution in [-0.2, 0) is 11.2 Å². The molecule has 0 saturated carbocycles. The van der Waals surface area contributed by atoms with Gasteiger partial charge in [0.2, 0.25) is 0 Å². The summed E-state index contributed by atoms with van der Waals surface area (Å²) >= 11 is 0. The van der Waals surface area contributed by atoms with Crippen LogP contribution in [0.25, 0.3) is 0 Å². The Hall–Kier alpha value is -2.11. The molecule has 0 saturated heterocycles. The Kier molecular flexibility index (Phi) is 5.78.